The third-order valence-corrected chi connectivity index (χ3v) is 3.12. The fraction of sp³-hybridized carbons (Fsp3) is 0.308. The first-order valence-electron chi connectivity index (χ1n) is 6.64. The number of hydrogen-bond donors (Lipinski definition) is 3. The first-order chi connectivity index (χ1) is 9.97. The molecule has 8 nitrogen and oxygen atoms in total. The molecule has 0 spiro atoms. The van der Waals surface area contributed by atoms with Crippen LogP contribution in [0, 0.1) is 0 Å². The average Bonchev–Trinajstić information content (AvgIpc) is 2.68. The van der Waals surface area contributed by atoms with Crippen LogP contribution >= 0.6 is 0 Å². The Morgan fingerprint density at radius 1 is 1.10 bits per heavy atom. The van der Waals surface area contributed by atoms with Crippen molar-refractivity contribution in [2.45, 2.75) is 26.9 Å². The molecule has 21 heavy (non-hydrogen) atoms. The van der Waals surface area contributed by atoms with Crippen molar-refractivity contribution < 1.29 is 0 Å². The van der Waals surface area contributed by atoms with E-state index in [1.807, 2.05) is 19.9 Å². The molecule has 0 amide bonds. The van der Waals surface area contributed by atoms with Crippen LogP contribution in [0.3, 0.4) is 0 Å². The standard InChI is InChI=1S/C13H19N7O/c1-3-19-9-6-5-8(17-12(16)18-11(14)15)7-10(9)20(4-2)13(19)21/h5-7H,3-4H2,1-2H3,(H6,14,15,16,17,18). The molecule has 0 bridgehead atoms. The summed E-state index contributed by atoms with van der Waals surface area (Å²) in [7, 11) is 0. The number of rotatable bonds is 3. The van der Waals surface area contributed by atoms with Gasteiger partial charge in [0.25, 0.3) is 0 Å². The molecule has 112 valence electrons. The number of aromatic nitrogens is 2. The van der Waals surface area contributed by atoms with Crippen molar-refractivity contribution in [1.29, 1.82) is 0 Å². The molecule has 1 aromatic heterocycles. The first-order valence-corrected chi connectivity index (χ1v) is 6.64. The van der Waals surface area contributed by atoms with Crippen molar-refractivity contribution in [3.05, 3.63) is 28.7 Å². The highest BCUT2D eigenvalue weighted by atomic mass is 16.1. The summed E-state index contributed by atoms with van der Waals surface area (Å²) in [5, 5.41) is 0. The lowest BCUT2D eigenvalue weighted by Crippen LogP contribution is -2.26. The van der Waals surface area contributed by atoms with Crippen molar-refractivity contribution >= 4 is 28.6 Å². The third kappa shape index (κ3) is 2.73. The molecule has 2 aromatic rings. The van der Waals surface area contributed by atoms with Crippen LogP contribution in [0.1, 0.15) is 13.8 Å². The summed E-state index contributed by atoms with van der Waals surface area (Å²) in [6, 6.07) is 5.40. The monoisotopic (exact) mass is 289 g/mol. The first kappa shape index (κ1) is 14.6. The maximum Gasteiger partial charge on any atom is 0.329 e. The highest BCUT2D eigenvalue weighted by molar-refractivity contribution is 5.94. The van der Waals surface area contributed by atoms with Gasteiger partial charge in [-0.05, 0) is 32.0 Å². The van der Waals surface area contributed by atoms with E-state index < -0.39 is 0 Å². The topological polar surface area (TPSA) is 130 Å². The van der Waals surface area contributed by atoms with E-state index in [1.54, 1.807) is 21.3 Å². The third-order valence-electron chi connectivity index (χ3n) is 3.12. The van der Waals surface area contributed by atoms with Crippen molar-refractivity contribution in [3.63, 3.8) is 0 Å². The van der Waals surface area contributed by atoms with E-state index in [4.69, 9.17) is 17.2 Å². The molecule has 1 heterocycles. The van der Waals surface area contributed by atoms with Gasteiger partial charge in [0.2, 0.25) is 5.96 Å². The van der Waals surface area contributed by atoms with Gasteiger partial charge in [-0.1, -0.05) is 0 Å². The minimum absolute atomic E-state index is 0.0327. The highest BCUT2D eigenvalue weighted by Gasteiger charge is 2.11. The number of guanidine groups is 2. The molecule has 8 heteroatoms. The Bertz CT molecular complexity index is 778. The molecule has 1 aromatic carbocycles. The molecule has 0 saturated heterocycles. The van der Waals surface area contributed by atoms with Crippen molar-refractivity contribution in [1.82, 2.24) is 9.13 Å². The van der Waals surface area contributed by atoms with Crippen molar-refractivity contribution in [2.75, 3.05) is 0 Å². The summed E-state index contributed by atoms with van der Waals surface area (Å²) in [4.78, 5) is 20.0. The number of imidazole rings is 1. The Balaban J connectivity index is 2.62. The van der Waals surface area contributed by atoms with E-state index in [0.29, 0.717) is 18.8 Å². The number of benzene rings is 1. The Labute approximate surface area is 121 Å². The Morgan fingerprint density at radius 3 is 2.29 bits per heavy atom. The molecule has 0 aliphatic carbocycles. The number of nitrogens with two attached hydrogens (primary N) is 3. The molecule has 6 N–H and O–H groups in total. The summed E-state index contributed by atoms with van der Waals surface area (Å²) < 4.78 is 3.40. The van der Waals surface area contributed by atoms with Gasteiger partial charge in [-0.2, -0.15) is 4.99 Å². The molecule has 0 fully saturated rings. The van der Waals surface area contributed by atoms with Gasteiger partial charge in [0.1, 0.15) is 0 Å². The predicted octanol–water partition coefficient (Wildman–Crippen LogP) is 0.0624. The summed E-state index contributed by atoms with van der Waals surface area (Å²) in [5.74, 6) is -0.186. The second-order valence-corrected chi connectivity index (χ2v) is 4.45. The summed E-state index contributed by atoms with van der Waals surface area (Å²) in [6.45, 7) is 5.05. The number of hydrogen-bond acceptors (Lipinski definition) is 2. The zero-order valence-electron chi connectivity index (χ0n) is 12.1. The highest BCUT2D eigenvalue weighted by Crippen LogP contribution is 2.21. The molecule has 0 radical (unpaired) electrons. The molecule has 0 aliphatic heterocycles. The van der Waals surface area contributed by atoms with E-state index in [1.165, 1.54) is 0 Å². The van der Waals surface area contributed by atoms with Crippen molar-refractivity contribution in [3.8, 4) is 0 Å². The molecular formula is C13H19N7O. The van der Waals surface area contributed by atoms with Gasteiger partial charge in [-0.15, -0.1) is 0 Å². The van der Waals surface area contributed by atoms with Crippen LogP contribution in [-0.4, -0.2) is 21.1 Å². The molecule has 2 rings (SSSR count). The molecular weight excluding hydrogens is 270 g/mol. The molecule has 0 atom stereocenters. The van der Waals surface area contributed by atoms with Gasteiger partial charge < -0.3 is 17.2 Å². The summed E-state index contributed by atoms with van der Waals surface area (Å²) in [5.41, 5.74) is 18.3. The van der Waals surface area contributed by atoms with Gasteiger partial charge in [-0.25, -0.2) is 9.79 Å². The summed E-state index contributed by atoms with van der Waals surface area (Å²) in [6.07, 6.45) is 0. The van der Waals surface area contributed by atoms with Crippen LogP contribution < -0.4 is 22.9 Å². The van der Waals surface area contributed by atoms with Gasteiger partial charge >= 0.3 is 5.69 Å². The number of aliphatic imine (C=N–C) groups is 2. The van der Waals surface area contributed by atoms with Crippen molar-refractivity contribution in [2.24, 2.45) is 27.2 Å². The zero-order valence-corrected chi connectivity index (χ0v) is 12.1. The lowest BCUT2D eigenvalue weighted by molar-refractivity contribution is 0.671. The lowest BCUT2D eigenvalue weighted by atomic mass is 10.2. The van der Waals surface area contributed by atoms with E-state index in [0.717, 1.165) is 11.0 Å². The predicted molar refractivity (Wildman–Crippen MR) is 84.6 cm³/mol. The summed E-state index contributed by atoms with van der Waals surface area (Å²) >= 11 is 0. The van der Waals surface area contributed by atoms with Gasteiger partial charge in [0.05, 0.1) is 16.7 Å². The SMILES string of the molecule is CCn1c(=O)n(CC)c2cc(N=C(N)N=C(N)N)ccc21. The normalized spacial score (nSPS) is 11.8. The van der Waals surface area contributed by atoms with Crippen LogP contribution in [0.15, 0.2) is 33.0 Å². The smallest absolute Gasteiger partial charge is 0.329 e. The van der Waals surface area contributed by atoms with E-state index in [-0.39, 0.29) is 17.6 Å². The van der Waals surface area contributed by atoms with Gasteiger partial charge in [0, 0.05) is 13.1 Å². The quantitative estimate of drug-likeness (QED) is 0.545. The number of nitrogens with zero attached hydrogens (tertiary/aromatic N) is 4. The van der Waals surface area contributed by atoms with Gasteiger partial charge in [-0.3, -0.25) is 9.13 Å². The van der Waals surface area contributed by atoms with Crippen LogP contribution in [0.2, 0.25) is 0 Å². The van der Waals surface area contributed by atoms with E-state index in [2.05, 4.69) is 9.98 Å². The number of fused-ring (bicyclic) bond motifs is 1. The zero-order chi connectivity index (χ0) is 15.6. The molecule has 0 saturated carbocycles. The Kier molecular flexibility index (Phi) is 3.97. The van der Waals surface area contributed by atoms with Crippen LogP contribution in [-0.2, 0) is 13.1 Å². The lowest BCUT2D eigenvalue weighted by Gasteiger charge is -2.00. The Morgan fingerprint density at radius 2 is 1.71 bits per heavy atom. The fourth-order valence-electron chi connectivity index (χ4n) is 2.28. The molecule has 0 unspecified atom stereocenters. The van der Waals surface area contributed by atoms with Gasteiger partial charge in [0.15, 0.2) is 5.96 Å². The maximum absolute atomic E-state index is 12.2. The van der Waals surface area contributed by atoms with Crippen LogP contribution in [0.4, 0.5) is 5.69 Å². The maximum atomic E-state index is 12.2. The van der Waals surface area contributed by atoms with E-state index in [9.17, 15) is 4.79 Å². The second kappa shape index (κ2) is 5.70. The average molecular weight is 289 g/mol. The fourth-order valence-corrected chi connectivity index (χ4v) is 2.28. The second-order valence-electron chi connectivity index (χ2n) is 4.45. The van der Waals surface area contributed by atoms with Crippen LogP contribution in [0.25, 0.3) is 11.0 Å². The largest absolute Gasteiger partial charge is 0.370 e. The minimum atomic E-state index is -0.153. The van der Waals surface area contributed by atoms with Crippen LogP contribution in [0.5, 0.6) is 0 Å². The molecule has 0 aliphatic rings. The van der Waals surface area contributed by atoms with E-state index >= 15 is 0 Å². The Hall–Kier alpha value is -2.77. The number of aryl methyl sites for hydroxylation is 2. The minimum Gasteiger partial charge on any atom is -0.370 e.